The van der Waals surface area contributed by atoms with E-state index in [9.17, 15) is 9.59 Å². The smallest absolute Gasteiger partial charge is 0.258 e. The molecule has 1 atom stereocenters. The van der Waals surface area contributed by atoms with Crippen molar-refractivity contribution in [3.8, 4) is 0 Å². The molecule has 1 aliphatic carbocycles. The number of hydrogen-bond donors (Lipinski definition) is 1. The predicted octanol–water partition coefficient (Wildman–Crippen LogP) is 2.73. The number of rotatable bonds is 4. The van der Waals surface area contributed by atoms with Gasteiger partial charge in [0.15, 0.2) is 0 Å². The van der Waals surface area contributed by atoms with E-state index in [0.29, 0.717) is 31.0 Å². The molecule has 5 nitrogen and oxygen atoms in total. The minimum Gasteiger partial charge on any atom is -0.468 e. The van der Waals surface area contributed by atoms with E-state index in [1.807, 2.05) is 30.3 Å². The summed E-state index contributed by atoms with van der Waals surface area (Å²) < 4.78 is 5.56. The monoisotopic (exact) mass is 338 g/mol. The molecule has 25 heavy (non-hydrogen) atoms. The fraction of sp³-hybridized carbons (Fsp3) is 0.400. The van der Waals surface area contributed by atoms with Crippen LogP contribution in [-0.4, -0.2) is 35.8 Å². The fourth-order valence-electron chi connectivity index (χ4n) is 3.47. The molecule has 2 aromatic rings. The van der Waals surface area contributed by atoms with Crippen molar-refractivity contribution in [3.63, 3.8) is 0 Å². The first-order valence-electron chi connectivity index (χ1n) is 8.94. The van der Waals surface area contributed by atoms with Crippen molar-refractivity contribution < 1.29 is 14.0 Å². The number of hydrogen-bond acceptors (Lipinski definition) is 3. The first kappa shape index (κ1) is 15.9. The second kappa shape index (κ2) is 6.75. The molecule has 1 saturated carbocycles. The van der Waals surface area contributed by atoms with Crippen LogP contribution in [0.25, 0.3) is 0 Å². The fourth-order valence-corrected chi connectivity index (χ4v) is 3.47. The van der Waals surface area contributed by atoms with Crippen molar-refractivity contribution in [1.29, 1.82) is 0 Å². The number of benzene rings is 1. The van der Waals surface area contributed by atoms with Crippen LogP contribution < -0.4 is 5.32 Å². The van der Waals surface area contributed by atoms with Crippen LogP contribution in [0.5, 0.6) is 0 Å². The predicted molar refractivity (Wildman–Crippen MR) is 93.3 cm³/mol. The molecule has 0 spiro atoms. The number of nitrogens with zero attached hydrogens (tertiary/aromatic N) is 1. The van der Waals surface area contributed by atoms with Crippen LogP contribution in [0, 0.1) is 0 Å². The number of nitrogens with one attached hydrogen (secondary N) is 1. The first-order valence-corrected chi connectivity index (χ1v) is 8.94. The third-order valence-corrected chi connectivity index (χ3v) is 4.96. The van der Waals surface area contributed by atoms with Crippen LogP contribution in [0.1, 0.15) is 46.9 Å². The molecule has 0 bridgehead atoms. The second-order valence-electron chi connectivity index (χ2n) is 6.82. The lowest BCUT2D eigenvalue weighted by Gasteiger charge is -2.28. The highest BCUT2D eigenvalue weighted by Crippen LogP contribution is 2.42. The zero-order valence-corrected chi connectivity index (χ0v) is 14.1. The zero-order valence-electron chi connectivity index (χ0n) is 14.1. The van der Waals surface area contributed by atoms with Gasteiger partial charge in [-0.05, 0) is 30.9 Å². The van der Waals surface area contributed by atoms with E-state index in [-0.39, 0.29) is 11.8 Å². The molecule has 2 fully saturated rings. The largest absolute Gasteiger partial charge is 0.468 e. The summed E-state index contributed by atoms with van der Waals surface area (Å²) in [5.41, 5.74) is 1.67. The highest BCUT2D eigenvalue weighted by molar-refractivity contribution is 5.98. The molecule has 1 aliphatic heterocycles. The lowest BCUT2D eigenvalue weighted by Crippen LogP contribution is -2.48. The Hall–Kier alpha value is -2.56. The van der Waals surface area contributed by atoms with Crippen LogP contribution in [0.3, 0.4) is 0 Å². The highest BCUT2D eigenvalue weighted by atomic mass is 16.3. The van der Waals surface area contributed by atoms with Gasteiger partial charge < -0.3 is 14.6 Å². The Morgan fingerprint density at radius 2 is 2.00 bits per heavy atom. The molecular weight excluding hydrogens is 316 g/mol. The maximum absolute atomic E-state index is 13.2. The van der Waals surface area contributed by atoms with Crippen LogP contribution in [0.2, 0.25) is 0 Å². The Balaban J connectivity index is 1.62. The van der Waals surface area contributed by atoms with Crippen molar-refractivity contribution >= 4 is 11.8 Å². The third kappa shape index (κ3) is 3.31. The standard InChI is InChI=1S/C20H22N2O3/c23-19-17(13-14-5-2-1-3-6-14)22(11-4-10-21-19)20(24)16-9-12-25-18(16)15-7-8-15/h1-3,5-6,9,12,15,17H,4,7-8,10-11,13H2,(H,21,23). The SMILES string of the molecule is O=C1NCCCN(C(=O)c2ccoc2C2CC2)C1Cc1ccccc1. The third-order valence-electron chi connectivity index (χ3n) is 4.96. The van der Waals surface area contributed by atoms with Gasteiger partial charge >= 0.3 is 0 Å². The van der Waals surface area contributed by atoms with E-state index in [0.717, 1.165) is 30.6 Å². The van der Waals surface area contributed by atoms with Gasteiger partial charge in [-0.15, -0.1) is 0 Å². The van der Waals surface area contributed by atoms with Gasteiger partial charge in [0.25, 0.3) is 5.91 Å². The molecule has 4 rings (SSSR count). The van der Waals surface area contributed by atoms with Gasteiger partial charge in [0.2, 0.25) is 5.91 Å². The van der Waals surface area contributed by atoms with Crippen LogP contribution in [0.4, 0.5) is 0 Å². The molecule has 1 saturated heterocycles. The van der Waals surface area contributed by atoms with E-state index in [1.165, 1.54) is 0 Å². The molecule has 1 N–H and O–H groups in total. The summed E-state index contributed by atoms with van der Waals surface area (Å²) in [5, 5.41) is 2.94. The molecule has 2 aliphatic rings. The maximum Gasteiger partial charge on any atom is 0.258 e. The van der Waals surface area contributed by atoms with Gasteiger partial charge in [-0.25, -0.2) is 0 Å². The molecule has 1 unspecified atom stereocenters. The summed E-state index contributed by atoms with van der Waals surface area (Å²) in [4.78, 5) is 27.5. The second-order valence-corrected chi connectivity index (χ2v) is 6.82. The Morgan fingerprint density at radius 1 is 1.20 bits per heavy atom. The minimum absolute atomic E-state index is 0.0776. The van der Waals surface area contributed by atoms with Gasteiger partial charge in [0, 0.05) is 25.4 Å². The summed E-state index contributed by atoms with van der Waals surface area (Å²) >= 11 is 0. The van der Waals surface area contributed by atoms with Crippen LogP contribution in [-0.2, 0) is 11.2 Å². The van der Waals surface area contributed by atoms with E-state index >= 15 is 0 Å². The maximum atomic E-state index is 13.2. The quantitative estimate of drug-likeness (QED) is 0.932. The lowest BCUT2D eigenvalue weighted by molar-refractivity contribution is -0.124. The van der Waals surface area contributed by atoms with Crippen molar-refractivity contribution in [2.75, 3.05) is 13.1 Å². The number of carbonyl (C=O) groups is 2. The first-order chi connectivity index (χ1) is 12.2. The average molecular weight is 338 g/mol. The van der Waals surface area contributed by atoms with E-state index in [2.05, 4.69) is 5.32 Å². The number of amides is 2. The molecule has 0 radical (unpaired) electrons. The van der Waals surface area contributed by atoms with Crippen molar-refractivity contribution in [1.82, 2.24) is 10.2 Å². The van der Waals surface area contributed by atoms with Crippen LogP contribution in [0.15, 0.2) is 47.1 Å². The lowest BCUT2D eigenvalue weighted by atomic mass is 10.0. The molecule has 2 heterocycles. The van der Waals surface area contributed by atoms with Crippen molar-refractivity contribution in [2.24, 2.45) is 0 Å². The molecule has 1 aromatic heterocycles. The van der Waals surface area contributed by atoms with Gasteiger partial charge in [0.1, 0.15) is 11.8 Å². The Kier molecular flexibility index (Phi) is 4.30. The normalized spacial score (nSPS) is 20.9. The number of carbonyl (C=O) groups excluding carboxylic acids is 2. The van der Waals surface area contributed by atoms with E-state index in [4.69, 9.17) is 4.42 Å². The van der Waals surface area contributed by atoms with Crippen LogP contribution >= 0.6 is 0 Å². The minimum atomic E-state index is -0.487. The van der Waals surface area contributed by atoms with Crippen molar-refractivity contribution in [3.05, 3.63) is 59.5 Å². The molecule has 2 amide bonds. The Morgan fingerprint density at radius 3 is 2.76 bits per heavy atom. The van der Waals surface area contributed by atoms with Gasteiger partial charge in [-0.3, -0.25) is 9.59 Å². The summed E-state index contributed by atoms with van der Waals surface area (Å²) in [7, 11) is 0. The molecule has 130 valence electrons. The highest BCUT2D eigenvalue weighted by Gasteiger charge is 2.37. The van der Waals surface area contributed by atoms with E-state index < -0.39 is 6.04 Å². The Bertz CT molecular complexity index is 764. The summed E-state index contributed by atoms with van der Waals surface area (Å²) in [6, 6.07) is 11.1. The van der Waals surface area contributed by atoms with E-state index in [1.54, 1.807) is 17.2 Å². The van der Waals surface area contributed by atoms with Gasteiger partial charge in [-0.1, -0.05) is 30.3 Å². The summed E-state index contributed by atoms with van der Waals surface area (Å²) in [5.74, 6) is 0.982. The van der Waals surface area contributed by atoms with Gasteiger partial charge in [-0.2, -0.15) is 0 Å². The molecule has 5 heteroatoms. The molecule has 1 aromatic carbocycles. The van der Waals surface area contributed by atoms with Crippen molar-refractivity contribution in [2.45, 2.75) is 37.6 Å². The summed E-state index contributed by atoms with van der Waals surface area (Å²) in [6.45, 7) is 1.18. The summed E-state index contributed by atoms with van der Waals surface area (Å²) in [6.07, 6.45) is 5.02. The molecular formula is C20H22N2O3. The van der Waals surface area contributed by atoms with Gasteiger partial charge in [0.05, 0.1) is 11.8 Å². The number of furan rings is 1. The Labute approximate surface area is 147 Å². The average Bonchev–Trinajstić information content (AvgIpc) is 3.39. The topological polar surface area (TPSA) is 62.6 Å². The zero-order chi connectivity index (χ0) is 17.2.